The minimum Gasteiger partial charge on any atom is -0.463 e. The minimum absolute atomic E-state index is 0.0375. The molecule has 0 amide bonds. The molecule has 1 unspecified atom stereocenters. The quantitative estimate of drug-likeness (QED) is 0.670. The number of nitrogen functional groups attached to an aromatic ring is 1. The van der Waals surface area contributed by atoms with Crippen molar-refractivity contribution in [3.05, 3.63) is 23.7 Å². The highest BCUT2D eigenvalue weighted by Gasteiger charge is 2.20. The van der Waals surface area contributed by atoms with Gasteiger partial charge in [-0.2, -0.15) is 0 Å². The molecule has 7 nitrogen and oxygen atoms in total. The average Bonchev–Trinajstić information content (AvgIpc) is 3.05. The SMILES string of the molecule is COC(=O)c1ccc(C(C)Sc2nnc(N)n2C(C)C)o1. The lowest BCUT2D eigenvalue weighted by Gasteiger charge is -2.13. The van der Waals surface area contributed by atoms with Gasteiger partial charge in [0.2, 0.25) is 11.7 Å². The van der Waals surface area contributed by atoms with Gasteiger partial charge >= 0.3 is 5.97 Å². The highest BCUT2D eigenvalue weighted by Crippen LogP contribution is 2.36. The number of hydrogen-bond acceptors (Lipinski definition) is 7. The number of hydrogen-bond donors (Lipinski definition) is 1. The molecular formula is C13H18N4O3S. The first-order chi connectivity index (χ1) is 9.93. The summed E-state index contributed by atoms with van der Waals surface area (Å²) in [6, 6.07) is 3.51. The molecule has 2 rings (SSSR count). The van der Waals surface area contributed by atoms with Crippen LogP contribution in [-0.2, 0) is 4.74 Å². The van der Waals surface area contributed by atoms with Crippen LogP contribution < -0.4 is 5.73 Å². The molecule has 114 valence electrons. The maximum Gasteiger partial charge on any atom is 0.373 e. The second-order valence-corrected chi connectivity index (χ2v) is 6.07. The number of aromatic nitrogens is 3. The number of nitrogens with zero attached hydrogens (tertiary/aromatic N) is 3. The maximum atomic E-state index is 11.4. The second kappa shape index (κ2) is 6.21. The first-order valence-corrected chi connectivity index (χ1v) is 7.37. The molecule has 0 saturated carbocycles. The van der Waals surface area contributed by atoms with E-state index >= 15 is 0 Å². The molecule has 2 aromatic rings. The summed E-state index contributed by atoms with van der Waals surface area (Å²) in [7, 11) is 1.32. The lowest BCUT2D eigenvalue weighted by Crippen LogP contribution is -2.07. The van der Waals surface area contributed by atoms with Gasteiger partial charge in [0.25, 0.3) is 0 Å². The van der Waals surface area contributed by atoms with Crippen LogP contribution >= 0.6 is 11.8 Å². The molecule has 2 heterocycles. The topological polar surface area (TPSA) is 96.2 Å². The molecule has 0 spiro atoms. The number of methoxy groups -OCH3 is 1. The Bertz CT molecular complexity index is 635. The molecular weight excluding hydrogens is 292 g/mol. The fraction of sp³-hybridized carbons (Fsp3) is 0.462. The zero-order chi connectivity index (χ0) is 15.6. The van der Waals surface area contributed by atoms with E-state index in [0.29, 0.717) is 16.9 Å². The third kappa shape index (κ3) is 3.21. The van der Waals surface area contributed by atoms with Gasteiger partial charge in [0, 0.05) is 6.04 Å². The fourth-order valence-electron chi connectivity index (χ4n) is 1.85. The number of carbonyl (C=O) groups excluding carboxylic acids is 1. The highest BCUT2D eigenvalue weighted by molar-refractivity contribution is 7.99. The standard InChI is InChI=1S/C13H18N4O3S/c1-7(2)17-12(14)15-16-13(17)21-8(3)9-5-6-10(20-9)11(18)19-4/h5-8H,1-4H3,(H2,14,15). The summed E-state index contributed by atoms with van der Waals surface area (Å²) >= 11 is 1.47. The van der Waals surface area contributed by atoms with Gasteiger partial charge in [0.15, 0.2) is 5.16 Å². The van der Waals surface area contributed by atoms with Gasteiger partial charge < -0.3 is 14.9 Å². The zero-order valence-corrected chi connectivity index (χ0v) is 13.2. The van der Waals surface area contributed by atoms with E-state index in [-0.39, 0.29) is 17.1 Å². The predicted octanol–water partition coefficient (Wildman–Crippen LogP) is 2.67. The summed E-state index contributed by atoms with van der Waals surface area (Å²) in [5.74, 6) is 0.740. The second-order valence-electron chi connectivity index (χ2n) is 4.76. The molecule has 2 aromatic heterocycles. The van der Waals surface area contributed by atoms with E-state index in [0.717, 1.165) is 0 Å². The van der Waals surface area contributed by atoms with E-state index < -0.39 is 5.97 Å². The Balaban J connectivity index is 2.16. The summed E-state index contributed by atoms with van der Waals surface area (Å²) < 4.78 is 12.0. The smallest absolute Gasteiger partial charge is 0.373 e. The number of rotatable bonds is 5. The van der Waals surface area contributed by atoms with Crippen LogP contribution in [0.1, 0.15) is 48.4 Å². The lowest BCUT2D eigenvalue weighted by molar-refractivity contribution is 0.0563. The van der Waals surface area contributed by atoms with Crippen LogP contribution in [0.15, 0.2) is 21.7 Å². The first kappa shape index (κ1) is 15.4. The Morgan fingerprint density at radius 3 is 2.71 bits per heavy atom. The Morgan fingerprint density at radius 2 is 2.10 bits per heavy atom. The van der Waals surface area contributed by atoms with Crippen LogP contribution in [0, 0.1) is 0 Å². The normalized spacial score (nSPS) is 12.6. The summed E-state index contributed by atoms with van der Waals surface area (Å²) in [6.45, 7) is 5.98. The van der Waals surface area contributed by atoms with Crippen LogP contribution in [0.4, 0.5) is 5.95 Å². The Kier molecular flexibility index (Phi) is 4.56. The Hall–Kier alpha value is -1.96. The third-order valence-corrected chi connectivity index (χ3v) is 3.98. The predicted molar refractivity (Wildman–Crippen MR) is 79.1 cm³/mol. The van der Waals surface area contributed by atoms with Gasteiger partial charge in [0.05, 0.1) is 12.4 Å². The summed E-state index contributed by atoms with van der Waals surface area (Å²) in [5.41, 5.74) is 5.81. The molecule has 0 aliphatic heterocycles. The molecule has 0 aromatic carbocycles. The van der Waals surface area contributed by atoms with Crippen LogP contribution in [0.5, 0.6) is 0 Å². The zero-order valence-electron chi connectivity index (χ0n) is 12.4. The molecule has 0 fully saturated rings. The third-order valence-electron chi connectivity index (χ3n) is 2.90. The molecule has 0 saturated heterocycles. The van der Waals surface area contributed by atoms with Crippen molar-refractivity contribution in [2.75, 3.05) is 12.8 Å². The molecule has 8 heteroatoms. The summed E-state index contributed by atoms with van der Waals surface area (Å²) in [4.78, 5) is 11.4. The number of anilines is 1. The molecule has 1 atom stereocenters. The number of thioether (sulfide) groups is 1. The summed E-state index contributed by atoms with van der Waals surface area (Å²) in [6.07, 6.45) is 0. The molecule has 0 aliphatic carbocycles. The minimum atomic E-state index is -0.493. The molecule has 0 bridgehead atoms. The number of furan rings is 1. The van der Waals surface area contributed by atoms with Gasteiger partial charge in [0.1, 0.15) is 5.76 Å². The molecule has 2 N–H and O–H groups in total. The van der Waals surface area contributed by atoms with Gasteiger partial charge in [-0.3, -0.25) is 4.57 Å². The van der Waals surface area contributed by atoms with Crippen LogP contribution in [0.25, 0.3) is 0 Å². The van der Waals surface area contributed by atoms with Gasteiger partial charge in [-0.15, -0.1) is 10.2 Å². The van der Waals surface area contributed by atoms with E-state index in [1.807, 2.05) is 25.3 Å². The van der Waals surface area contributed by atoms with Crippen molar-refractivity contribution in [2.45, 2.75) is 37.2 Å². The van der Waals surface area contributed by atoms with Crippen molar-refractivity contribution >= 4 is 23.7 Å². The van der Waals surface area contributed by atoms with Crippen LogP contribution in [0.3, 0.4) is 0 Å². The Labute approximate surface area is 126 Å². The largest absolute Gasteiger partial charge is 0.463 e. The van der Waals surface area contributed by atoms with Gasteiger partial charge in [-0.25, -0.2) is 4.79 Å². The fourth-order valence-corrected chi connectivity index (χ4v) is 2.92. The van der Waals surface area contributed by atoms with E-state index in [1.165, 1.54) is 18.9 Å². The highest BCUT2D eigenvalue weighted by atomic mass is 32.2. The van der Waals surface area contributed by atoms with Crippen molar-refractivity contribution in [1.82, 2.24) is 14.8 Å². The number of nitrogens with two attached hydrogens (primary N) is 1. The average molecular weight is 310 g/mol. The van der Waals surface area contributed by atoms with E-state index in [1.54, 1.807) is 12.1 Å². The molecule has 0 aliphatic rings. The number of ether oxygens (including phenoxy) is 1. The molecule has 0 radical (unpaired) electrons. The monoisotopic (exact) mass is 310 g/mol. The lowest BCUT2D eigenvalue weighted by atomic mass is 10.3. The van der Waals surface area contributed by atoms with Crippen molar-refractivity contribution in [3.63, 3.8) is 0 Å². The Morgan fingerprint density at radius 1 is 1.38 bits per heavy atom. The van der Waals surface area contributed by atoms with Crippen molar-refractivity contribution < 1.29 is 13.9 Å². The van der Waals surface area contributed by atoms with Crippen LogP contribution in [-0.4, -0.2) is 27.8 Å². The van der Waals surface area contributed by atoms with Gasteiger partial charge in [-0.1, -0.05) is 11.8 Å². The first-order valence-electron chi connectivity index (χ1n) is 6.49. The van der Waals surface area contributed by atoms with E-state index in [2.05, 4.69) is 14.9 Å². The van der Waals surface area contributed by atoms with E-state index in [4.69, 9.17) is 10.2 Å². The van der Waals surface area contributed by atoms with Crippen LogP contribution in [0.2, 0.25) is 0 Å². The summed E-state index contributed by atoms with van der Waals surface area (Å²) in [5, 5.41) is 8.65. The number of esters is 1. The van der Waals surface area contributed by atoms with Gasteiger partial charge in [-0.05, 0) is 32.9 Å². The number of carbonyl (C=O) groups is 1. The van der Waals surface area contributed by atoms with Crippen molar-refractivity contribution in [2.24, 2.45) is 0 Å². The van der Waals surface area contributed by atoms with E-state index in [9.17, 15) is 4.79 Å². The maximum absolute atomic E-state index is 11.4. The van der Waals surface area contributed by atoms with Crippen molar-refractivity contribution in [1.29, 1.82) is 0 Å². The van der Waals surface area contributed by atoms with Crippen molar-refractivity contribution in [3.8, 4) is 0 Å². The molecule has 21 heavy (non-hydrogen) atoms.